The first kappa shape index (κ1) is 45.9. The highest BCUT2D eigenvalue weighted by Crippen LogP contribution is 2.52. The molecular weight excluding hydrogens is 754 g/mol. The average Bonchev–Trinajstić information content (AvgIpc) is 3.18. The molecule has 4 aliphatic rings. The van der Waals surface area contributed by atoms with Crippen molar-refractivity contribution in [3.8, 4) is 0 Å². The fraction of sp³-hybridized carbons (Fsp3) is 0.897. The third-order valence-electron chi connectivity index (χ3n) is 10.8. The Balaban J connectivity index is 1.32. The van der Waals surface area contributed by atoms with Gasteiger partial charge in [-0.15, -0.1) is 0 Å². The maximum absolute atomic E-state index is 14.0. The molecule has 0 amide bonds. The zero-order valence-corrected chi connectivity index (χ0v) is 35.0. The van der Waals surface area contributed by atoms with E-state index in [2.05, 4.69) is 0 Å². The maximum atomic E-state index is 14.0. The molecule has 4 atom stereocenters. The van der Waals surface area contributed by atoms with Crippen LogP contribution in [0.1, 0.15) is 162 Å². The van der Waals surface area contributed by atoms with Crippen molar-refractivity contribution in [2.45, 2.75) is 198 Å². The van der Waals surface area contributed by atoms with Crippen LogP contribution in [-0.4, -0.2) is 86.0 Å². The SMILES string of the molecule is CC(OP(=O)(CCCCCP(=O)(OCC(=O)OC1CCCCC1)OC(C)C(=O)OC1CCCCC1)OCC(=O)OC1CCCCC1)C(=O)OC1CCCCC1. The predicted molar refractivity (Wildman–Crippen MR) is 204 cm³/mol. The monoisotopic (exact) mass is 820 g/mol. The molecule has 4 rings (SSSR count). The molecule has 4 unspecified atom stereocenters. The van der Waals surface area contributed by atoms with E-state index in [0.717, 1.165) is 128 Å². The van der Waals surface area contributed by atoms with Gasteiger partial charge < -0.3 is 18.9 Å². The summed E-state index contributed by atoms with van der Waals surface area (Å²) in [6.45, 7) is 1.71. The van der Waals surface area contributed by atoms with Crippen molar-refractivity contribution in [2.24, 2.45) is 0 Å². The number of unbranched alkanes of at least 4 members (excludes halogenated alkanes) is 2. The minimum atomic E-state index is -4.02. The van der Waals surface area contributed by atoms with E-state index in [1.807, 2.05) is 0 Å². The van der Waals surface area contributed by atoms with Gasteiger partial charge in [0, 0.05) is 0 Å². The van der Waals surface area contributed by atoms with Crippen molar-refractivity contribution in [3.05, 3.63) is 0 Å². The van der Waals surface area contributed by atoms with E-state index in [9.17, 15) is 28.3 Å². The Morgan fingerprint density at radius 1 is 0.455 bits per heavy atom. The minimum absolute atomic E-state index is 0.144. The van der Waals surface area contributed by atoms with Gasteiger partial charge in [-0.3, -0.25) is 27.2 Å². The van der Waals surface area contributed by atoms with Crippen LogP contribution in [0.15, 0.2) is 0 Å². The molecule has 0 saturated heterocycles. The number of hydrogen-bond donors (Lipinski definition) is 0. The van der Waals surface area contributed by atoms with E-state index in [-0.39, 0.29) is 49.6 Å². The van der Waals surface area contributed by atoms with Gasteiger partial charge in [0.2, 0.25) is 0 Å². The molecule has 16 heteroatoms. The zero-order chi connectivity index (χ0) is 39.5. The molecule has 0 N–H and O–H groups in total. The molecule has 0 aromatic rings. The fourth-order valence-electron chi connectivity index (χ4n) is 7.64. The number of carbonyl (C=O) groups is 4. The summed E-state index contributed by atoms with van der Waals surface area (Å²) in [5.74, 6) is -2.59. The molecule has 316 valence electrons. The summed E-state index contributed by atoms with van der Waals surface area (Å²) in [6.07, 6.45) is 15.5. The molecule has 14 nitrogen and oxygen atoms in total. The van der Waals surface area contributed by atoms with E-state index < -0.39 is 64.5 Å². The summed E-state index contributed by atoms with van der Waals surface area (Å²) in [5, 5.41) is 0. The van der Waals surface area contributed by atoms with Crippen LogP contribution in [0.4, 0.5) is 0 Å². The van der Waals surface area contributed by atoms with Crippen molar-refractivity contribution in [1.29, 1.82) is 0 Å². The van der Waals surface area contributed by atoms with Crippen molar-refractivity contribution in [2.75, 3.05) is 25.5 Å². The van der Waals surface area contributed by atoms with Crippen LogP contribution in [0, 0.1) is 0 Å². The number of carbonyl (C=O) groups excluding carboxylic acids is 4. The second-order valence-electron chi connectivity index (χ2n) is 15.7. The first-order valence-corrected chi connectivity index (χ1v) is 24.5. The quantitative estimate of drug-likeness (QED) is 0.0438. The molecule has 4 fully saturated rings. The molecule has 0 heterocycles. The summed E-state index contributed by atoms with van der Waals surface area (Å²) in [6, 6.07) is 0. The Bertz CT molecular complexity index is 1190. The first-order chi connectivity index (χ1) is 26.4. The molecule has 0 aromatic heterocycles. The number of rotatable bonds is 22. The maximum Gasteiger partial charge on any atom is 0.335 e. The number of hydrogen-bond acceptors (Lipinski definition) is 14. The van der Waals surface area contributed by atoms with Gasteiger partial charge in [0.15, 0.2) is 25.4 Å². The molecule has 4 saturated carbocycles. The van der Waals surface area contributed by atoms with Crippen LogP contribution in [0.2, 0.25) is 0 Å². The van der Waals surface area contributed by atoms with Gasteiger partial charge in [0.1, 0.15) is 24.4 Å². The molecule has 0 aromatic carbocycles. The summed E-state index contributed by atoms with van der Waals surface area (Å²) in [5.41, 5.74) is 0. The van der Waals surface area contributed by atoms with Crippen molar-refractivity contribution >= 4 is 39.1 Å². The average molecular weight is 821 g/mol. The van der Waals surface area contributed by atoms with Crippen LogP contribution >= 0.6 is 15.2 Å². The summed E-state index contributed by atoms with van der Waals surface area (Å²) < 4.78 is 73.1. The van der Waals surface area contributed by atoms with Crippen LogP contribution in [0.3, 0.4) is 0 Å². The van der Waals surface area contributed by atoms with Crippen molar-refractivity contribution in [3.63, 3.8) is 0 Å². The third kappa shape index (κ3) is 17.7. The molecule has 0 bridgehead atoms. The Morgan fingerprint density at radius 3 is 1.05 bits per heavy atom. The van der Waals surface area contributed by atoms with Gasteiger partial charge >= 0.3 is 39.1 Å². The van der Waals surface area contributed by atoms with E-state index in [1.54, 1.807) is 0 Å². The fourth-order valence-corrected chi connectivity index (χ4v) is 11.2. The minimum Gasteiger partial charge on any atom is -0.461 e. The lowest BCUT2D eigenvalue weighted by Crippen LogP contribution is -2.29. The molecule has 55 heavy (non-hydrogen) atoms. The smallest absolute Gasteiger partial charge is 0.335 e. The highest BCUT2D eigenvalue weighted by molar-refractivity contribution is 7.54. The van der Waals surface area contributed by atoms with E-state index in [4.69, 9.17) is 37.0 Å². The normalized spacial score (nSPS) is 22.7. The number of esters is 4. The lowest BCUT2D eigenvalue weighted by Gasteiger charge is -2.26. The van der Waals surface area contributed by atoms with Crippen LogP contribution in [-0.2, 0) is 65.4 Å². The highest BCUT2D eigenvalue weighted by Gasteiger charge is 2.36. The topological polar surface area (TPSA) is 176 Å². The Labute approximate surface area is 327 Å². The summed E-state index contributed by atoms with van der Waals surface area (Å²) in [4.78, 5) is 51.1. The zero-order valence-electron chi connectivity index (χ0n) is 33.2. The second-order valence-corrected chi connectivity index (χ2v) is 19.9. The Hall–Kier alpha value is -1.82. The van der Waals surface area contributed by atoms with E-state index in [0.29, 0.717) is 6.42 Å². The van der Waals surface area contributed by atoms with Gasteiger partial charge in [0.05, 0.1) is 12.3 Å². The van der Waals surface area contributed by atoms with Gasteiger partial charge in [-0.1, -0.05) is 32.1 Å². The first-order valence-electron chi connectivity index (χ1n) is 21.1. The predicted octanol–water partition coefficient (Wildman–Crippen LogP) is 8.89. The Morgan fingerprint density at radius 2 is 0.745 bits per heavy atom. The lowest BCUT2D eigenvalue weighted by atomic mass is 9.98. The van der Waals surface area contributed by atoms with Gasteiger partial charge in [0.25, 0.3) is 0 Å². The third-order valence-corrected chi connectivity index (χ3v) is 14.8. The van der Waals surface area contributed by atoms with Gasteiger partial charge in [-0.2, -0.15) is 0 Å². The number of ether oxygens (including phenoxy) is 4. The molecule has 0 radical (unpaired) electrons. The van der Waals surface area contributed by atoms with Crippen LogP contribution in [0.25, 0.3) is 0 Å². The second kappa shape index (κ2) is 24.2. The standard InChI is InChI=1S/C39H66O14P2/c1-30(38(42)50-34-22-12-5-13-23-34)52-54(44,46-28-36(40)48-32-18-8-3-9-19-32)26-16-7-17-27-55(45,47-29-37(41)49-33-20-10-4-11-21-33)53-31(2)39(43)51-35-24-14-6-15-25-35/h30-35H,3-29H2,1-2H3. The van der Waals surface area contributed by atoms with Gasteiger partial charge in [-0.25, -0.2) is 19.2 Å². The van der Waals surface area contributed by atoms with E-state index >= 15 is 0 Å². The lowest BCUT2D eigenvalue weighted by molar-refractivity contribution is -0.159. The molecule has 0 spiro atoms. The largest absolute Gasteiger partial charge is 0.461 e. The molecule has 0 aliphatic heterocycles. The highest BCUT2D eigenvalue weighted by atomic mass is 31.2. The summed E-state index contributed by atoms with van der Waals surface area (Å²) in [7, 11) is -8.05. The Kier molecular flexibility index (Phi) is 20.2. The van der Waals surface area contributed by atoms with Crippen molar-refractivity contribution in [1.82, 2.24) is 0 Å². The van der Waals surface area contributed by atoms with Crippen molar-refractivity contribution < 1.29 is 65.4 Å². The molecular formula is C39H66O14P2. The summed E-state index contributed by atoms with van der Waals surface area (Å²) >= 11 is 0. The molecule has 4 aliphatic carbocycles. The van der Waals surface area contributed by atoms with Crippen LogP contribution < -0.4 is 0 Å². The van der Waals surface area contributed by atoms with Crippen LogP contribution in [0.5, 0.6) is 0 Å². The van der Waals surface area contributed by atoms with E-state index in [1.165, 1.54) is 13.8 Å². The van der Waals surface area contributed by atoms with Gasteiger partial charge in [-0.05, 0) is 129 Å².